The van der Waals surface area contributed by atoms with Gasteiger partial charge in [-0.1, -0.05) is 60.3 Å². The number of urea groups is 1. The first-order valence-corrected chi connectivity index (χ1v) is 17.0. The van der Waals surface area contributed by atoms with Gasteiger partial charge < -0.3 is 34.5 Å². The summed E-state index contributed by atoms with van der Waals surface area (Å²) in [5, 5.41) is 6.30. The van der Waals surface area contributed by atoms with Crippen LogP contribution in [0.5, 0.6) is 5.75 Å². The van der Waals surface area contributed by atoms with E-state index in [1.54, 1.807) is 23.1 Å². The number of ether oxygens (including phenoxy) is 4. The molecule has 0 bridgehead atoms. The number of para-hydroxylation sites is 1. The molecule has 1 fully saturated rings. The van der Waals surface area contributed by atoms with Crippen LogP contribution < -0.4 is 15.4 Å². The number of unbranched alkanes of at least 4 members (excludes halogenated alkanes) is 4. The predicted molar refractivity (Wildman–Crippen MR) is 185 cm³/mol. The van der Waals surface area contributed by atoms with E-state index in [1.807, 2.05) is 50.2 Å². The molecular formula is C36H43Cl2N3O6. The van der Waals surface area contributed by atoms with E-state index in [1.165, 1.54) is 0 Å². The van der Waals surface area contributed by atoms with Crippen LogP contribution in [0.3, 0.4) is 0 Å². The van der Waals surface area contributed by atoms with Crippen LogP contribution >= 0.6 is 23.2 Å². The zero-order valence-electron chi connectivity index (χ0n) is 27.0. The average Bonchev–Trinajstić information content (AvgIpc) is 3.41. The summed E-state index contributed by atoms with van der Waals surface area (Å²) < 4.78 is 23.1. The number of hydrogen-bond acceptors (Lipinski definition) is 6. The average molecular weight is 685 g/mol. The van der Waals surface area contributed by atoms with E-state index in [-0.39, 0.29) is 12.2 Å². The monoisotopic (exact) mass is 683 g/mol. The Kier molecular flexibility index (Phi) is 12.3. The van der Waals surface area contributed by atoms with Gasteiger partial charge in [-0.3, -0.25) is 0 Å². The number of nitrogens with one attached hydrogen (secondary N) is 2. The fourth-order valence-corrected chi connectivity index (χ4v) is 6.11. The Hall–Kier alpha value is -3.50. The second-order valence-electron chi connectivity index (χ2n) is 12.3. The minimum atomic E-state index is -0.635. The van der Waals surface area contributed by atoms with Crippen LogP contribution in [0.4, 0.5) is 21.0 Å². The fraction of sp³-hybridized carbons (Fsp3) is 0.444. The van der Waals surface area contributed by atoms with E-state index in [9.17, 15) is 9.59 Å². The second-order valence-corrected chi connectivity index (χ2v) is 13.2. The smallest absolute Gasteiger partial charge is 0.410 e. The lowest BCUT2D eigenvalue weighted by Crippen LogP contribution is -2.35. The maximum atomic E-state index is 12.5. The van der Waals surface area contributed by atoms with Crippen LogP contribution in [-0.2, 0) is 27.2 Å². The van der Waals surface area contributed by atoms with E-state index >= 15 is 0 Å². The van der Waals surface area contributed by atoms with Crippen molar-refractivity contribution in [3.63, 3.8) is 0 Å². The largest absolute Gasteiger partial charge is 0.463 e. The highest BCUT2D eigenvalue weighted by Gasteiger charge is 2.33. The van der Waals surface area contributed by atoms with Gasteiger partial charge in [-0.2, -0.15) is 0 Å². The molecule has 0 aliphatic carbocycles. The van der Waals surface area contributed by atoms with Crippen molar-refractivity contribution in [2.75, 3.05) is 36.9 Å². The SMILES string of the molecule is CC1(C)OCc2cc([C@@H]3CN(CCCCCCOCCCCc4cccc(NC(=O)Nc5c(Cl)cccc5Cl)c4)C(=O)O3)ccc2O1. The minimum Gasteiger partial charge on any atom is -0.463 e. The van der Waals surface area contributed by atoms with Crippen molar-refractivity contribution in [1.29, 1.82) is 0 Å². The van der Waals surface area contributed by atoms with Gasteiger partial charge in [0, 0.05) is 44.9 Å². The Balaban J connectivity index is 0.896. The lowest BCUT2D eigenvalue weighted by atomic mass is 10.0. The van der Waals surface area contributed by atoms with Gasteiger partial charge in [0.15, 0.2) is 0 Å². The number of aryl methyl sites for hydroxylation is 1. The second kappa shape index (κ2) is 16.6. The number of nitrogens with zero attached hydrogens (tertiary/aromatic N) is 1. The third-order valence-electron chi connectivity index (χ3n) is 8.13. The zero-order chi connectivity index (χ0) is 33.2. The molecule has 47 heavy (non-hydrogen) atoms. The summed E-state index contributed by atoms with van der Waals surface area (Å²) in [6, 6.07) is 18.4. The summed E-state index contributed by atoms with van der Waals surface area (Å²) in [7, 11) is 0. The molecule has 2 N–H and O–H groups in total. The van der Waals surface area contributed by atoms with Crippen LogP contribution in [0.1, 0.15) is 75.2 Å². The van der Waals surface area contributed by atoms with Gasteiger partial charge in [0.1, 0.15) is 11.9 Å². The van der Waals surface area contributed by atoms with Crippen molar-refractivity contribution in [3.8, 4) is 5.75 Å². The standard InChI is InChI=1S/C36H43Cl2N3O6/c1-36(2)45-24-27-22-26(16-17-31(27)47-36)32-23-41(35(43)46-32)18-6-3-4-7-19-44-20-8-5-11-25-12-9-13-28(21-25)39-34(42)40-33-29(37)14-10-15-30(33)38/h9-10,12-17,21-22,32H,3-8,11,18-20,23-24H2,1-2H3,(H2,39,40,42)/t32-/m0/s1. The molecule has 1 saturated heterocycles. The first kappa shape index (κ1) is 34.8. The number of benzene rings is 3. The van der Waals surface area contributed by atoms with E-state index < -0.39 is 11.8 Å². The molecule has 0 unspecified atom stereocenters. The third kappa shape index (κ3) is 10.2. The third-order valence-corrected chi connectivity index (χ3v) is 8.76. The fourth-order valence-electron chi connectivity index (χ4n) is 5.62. The number of cyclic esters (lactones) is 1. The van der Waals surface area contributed by atoms with Crippen molar-refractivity contribution in [2.45, 2.75) is 77.3 Å². The van der Waals surface area contributed by atoms with Crippen molar-refractivity contribution in [2.24, 2.45) is 0 Å². The number of rotatable bonds is 15. The lowest BCUT2D eigenvalue weighted by Gasteiger charge is -2.32. The number of anilines is 2. The Labute approximate surface area is 286 Å². The van der Waals surface area contributed by atoms with Gasteiger partial charge in [-0.05, 0) is 79.6 Å². The molecule has 5 rings (SSSR count). The first-order valence-electron chi connectivity index (χ1n) is 16.3. The van der Waals surface area contributed by atoms with E-state index in [4.69, 9.17) is 42.1 Å². The lowest BCUT2D eigenvalue weighted by molar-refractivity contribution is -0.180. The Morgan fingerprint density at radius 3 is 2.49 bits per heavy atom. The number of fused-ring (bicyclic) bond motifs is 1. The van der Waals surface area contributed by atoms with Gasteiger partial charge in [0.2, 0.25) is 5.79 Å². The quantitative estimate of drug-likeness (QED) is 0.155. The molecule has 2 aliphatic heterocycles. The number of amides is 3. The molecule has 2 heterocycles. The van der Waals surface area contributed by atoms with Crippen molar-refractivity contribution in [1.82, 2.24) is 4.90 Å². The number of halogens is 2. The molecule has 252 valence electrons. The van der Waals surface area contributed by atoms with E-state index in [0.717, 1.165) is 80.6 Å². The number of carbonyl (C=O) groups is 2. The van der Waals surface area contributed by atoms with Crippen LogP contribution in [0, 0.1) is 0 Å². The Morgan fingerprint density at radius 1 is 0.936 bits per heavy atom. The van der Waals surface area contributed by atoms with E-state index in [0.29, 0.717) is 41.1 Å². The van der Waals surface area contributed by atoms with Crippen LogP contribution in [0.25, 0.3) is 0 Å². The summed E-state index contributed by atoms with van der Waals surface area (Å²) in [4.78, 5) is 26.7. The van der Waals surface area contributed by atoms with Gasteiger partial charge in [-0.15, -0.1) is 0 Å². The maximum absolute atomic E-state index is 12.5. The minimum absolute atomic E-state index is 0.253. The summed E-state index contributed by atoms with van der Waals surface area (Å²) in [5.74, 6) is 0.181. The highest BCUT2D eigenvalue weighted by molar-refractivity contribution is 6.39. The van der Waals surface area contributed by atoms with Crippen LogP contribution in [0.2, 0.25) is 10.0 Å². The topological polar surface area (TPSA) is 98.4 Å². The summed E-state index contributed by atoms with van der Waals surface area (Å²) in [6.45, 7) is 6.97. The van der Waals surface area contributed by atoms with Gasteiger partial charge in [0.25, 0.3) is 0 Å². The molecule has 2 aliphatic rings. The molecular weight excluding hydrogens is 641 g/mol. The summed E-state index contributed by atoms with van der Waals surface area (Å²) >= 11 is 12.3. The Bertz CT molecular complexity index is 1510. The van der Waals surface area contributed by atoms with Gasteiger partial charge in [-0.25, -0.2) is 9.59 Å². The highest BCUT2D eigenvalue weighted by Crippen LogP contribution is 2.35. The molecule has 3 aromatic rings. The molecule has 9 nitrogen and oxygen atoms in total. The molecule has 1 atom stereocenters. The van der Waals surface area contributed by atoms with Crippen LogP contribution in [0.15, 0.2) is 60.7 Å². The molecule has 0 spiro atoms. The maximum Gasteiger partial charge on any atom is 0.410 e. The van der Waals surface area contributed by atoms with Crippen molar-refractivity contribution in [3.05, 3.63) is 87.4 Å². The number of carbonyl (C=O) groups excluding carboxylic acids is 2. The van der Waals surface area contributed by atoms with Crippen molar-refractivity contribution >= 4 is 46.7 Å². The van der Waals surface area contributed by atoms with Gasteiger partial charge >= 0.3 is 12.1 Å². The molecule has 0 aromatic heterocycles. The van der Waals surface area contributed by atoms with Crippen molar-refractivity contribution < 1.29 is 28.5 Å². The van der Waals surface area contributed by atoms with E-state index in [2.05, 4.69) is 16.7 Å². The zero-order valence-corrected chi connectivity index (χ0v) is 28.5. The number of hydrogen-bond donors (Lipinski definition) is 2. The predicted octanol–water partition coefficient (Wildman–Crippen LogP) is 9.38. The summed E-state index contributed by atoms with van der Waals surface area (Å²) in [6.07, 6.45) is 6.35. The molecule has 3 aromatic carbocycles. The van der Waals surface area contributed by atoms with Crippen LogP contribution in [-0.4, -0.2) is 49.1 Å². The Morgan fingerprint density at radius 2 is 1.68 bits per heavy atom. The normalized spacial score (nSPS) is 16.7. The highest BCUT2D eigenvalue weighted by atomic mass is 35.5. The van der Waals surface area contributed by atoms with Gasteiger partial charge in [0.05, 0.1) is 28.9 Å². The summed E-state index contributed by atoms with van der Waals surface area (Å²) in [5.41, 5.74) is 4.16. The molecule has 11 heteroatoms. The molecule has 0 saturated carbocycles. The molecule has 3 amide bonds. The molecule has 0 radical (unpaired) electrons. The first-order chi connectivity index (χ1) is 22.7.